The summed E-state index contributed by atoms with van der Waals surface area (Å²) in [6.45, 7) is 6.39. The number of aliphatic imine (C=N–C) groups is 1. The fourth-order valence-corrected chi connectivity index (χ4v) is 3.37. The highest BCUT2D eigenvalue weighted by molar-refractivity contribution is 14.0. The molecule has 1 heterocycles. The van der Waals surface area contributed by atoms with Crippen LogP contribution >= 0.6 is 24.0 Å². The molecule has 1 aliphatic rings. The first kappa shape index (κ1) is 23.1. The van der Waals surface area contributed by atoms with E-state index in [4.69, 9.17) is 0 Å². The maximum absolute atomic E-state index is 13.6. The Labute approximate surface area is 175 Å². The number of guanidine groups is 1. The summed E-state index contributed by atoms with van der Waals surface area (Å²) in [5, 5.41) is 6.60. The normalized spacial score (nSPS) is 18.3. The average Bonchev–Trinajstić information content (AvgIpc) is 2.63. The van der Waals surface area contributed by atoms with Crippen molar-refractivity contribution < 1.29 is 4.39 Å². The van der Waals surface area contributed by atoms with Gasteiger partial charge in [0.05, 0.1) is 0 Å². The van der Waals surface area contributed by atoms with Gasteiger partial charge in [-0.2, -0.15) is 0 Å². The summed E-state index contributed by atoms with van der Waals surface area (Å²) >= 11 is 0. The monoisotopic (exact) mass is 476 g/mol. The molecule has 0 radical (unpaired) electrons. The molecule has 1 aromatic carbocycles. The molecule has 1 atom stereocenters. The van der Waals surface area contributed by atoms with Crippen molar-refractivity contribution in [2.45, 2.75) is 51.5 Å². The van der Waals surface area contributed by atoms with Crippen molar-refractivity contribution in [2.24, 2.45) is 4.99 Å². The van der Waals surface area contributed by atoms with Gasteiger partial charge in [-0.1, -0.05) is 24.6 Å². The highest BCUT2D eigenvalue weighted by atomic mass is 127. The number of piperidine rings is 1. The van der Waals surface area contributed by atoms with E-state index >= 15 is 0 Å². The lowest BCUT2D eigenvalue weighted by Gasteiger charge is -2.33. The molecule has 0 saturated carbocycles. The van der Waals surface area contributed by atoms with Gasteiger partial charge in [0.2, 0.25) is 0 Å². The van der Waals surface area contributed by atoms with Gasteiger partial charge >= 0.3 is 0 Å². The van der Waals surface area contributed by atoms with E-state index in [9.17, 15) is 4.39 Å². The minimum absolute atomic E-state index is 0. The summed E-state index contributed by atoms with van der Waals surface area (Å²) in [6, 6.07) is 7.67. The lowest BCUT2D eigenvalue weighted by Crippen LogP contribution is -2.40. The number of benzene rings is 1. The first-order valence-electron chi connectivity index (χ1n) is 9.62. The van der Waals surface area contributed by atoms with Crippen LogP contribution in [0.15, 0.2) is 29.3 Å². The molecule has 1 saturated heterocycles. The summed E-state index contributed by atoms with van der Waals surface area (Å²) in [6.07, 6.45) is 7.08. The predicted molar refractivity (Wildman–Crippen MR) is 119 cm³/mol. The molecule has 2 rings (SSSR count). The lowest BCUT2D eigenvalue weighted by molar-refractivity contribution is 0.158. The molecule has 0 aromatic heterocycles. The van der Waals surface area contributed by atoms with E-state index in [-0.39, 0.29) is 29.8 Å². The molecule has 2 N–H and O–H groups in total. The average molecular weight is 476 g/mol. The molecule has 0 spiro atoms. The standard InChI is InChI=1S/C20H33FN4.HI/c1-17-9-5-7-15-25(17)16-8-6-13-23-20(22-2)24-14-12-18-10-3-4-11-19(18)21;/h3-4,10-11,17H,5-9,12-16H2,1-2H3,(H2,22,23,24);1H. The van der Waals surface area contributed by atoms with Crippen molar-refractivity contribution in [3.8, 4) is 0 Å². The number of likely N-dealkylation sites (tertiary alicyclic amines) is 1. The Morgan fingerprint density at radius 3 is 2.69 bits per heavy atom. The minimum atomic E-state index is -0.140. The number of nitrogens with zero attached hydrogens (tertiary/aromatic N) is 2. The maximum atomic E-state index is 13.6. The molecule has 6 heteroatoms. The van der Waals surface area contributed by atoms with E-state index in [1.165, 1.54) is 44.8 Å². The maximum Gasteiger partial charge on any atom is 0.190 e. The van der Waals surface area contributed by atoms with Gasteiger partial charge in [-0.15, -0.1) is 24.0 Å². The molecule has 0 aliphatic carbocycles. The minimum Gasteiger partial charge on any atom is -0.356 e. The molecular formula is C20H34FIN4. The van der Waals surface area contributed by atoms with Crippen LogP contribution in [0.25, 0.3) is 0 Å². The van der Waals surface area contributed by atoms with Crippen LogP contribution in [0.4, 0.5) is 4.39 Å². The Bertz CT molecular complexity index is 538. The van der Waals surface area contributed by atoms with E-state index in [0.717, 1.165) is 30.5 Å². The van der Waals surface area contributed by atoms with E-state index in [1.54, 1.807) is 13.1 Å². The van der Waals surface area contributed by atoms with Crippen LogP contribution in [0.1, 0.15) is 44.6 Å². The first-order chi connectivity index (χ1) is 12.2. The number of hydrogen-bond acceptors (Lipinski definition) is 2. The Hall–Kier alpha value is -0.890. The second-order valence-corrected chi connectivity index (χ2v) is 6.86. The summed E-state index contributed by atoms with van der Waals surface area (Å²) in [5.41, 5.74) is 0.737. The molecule has 1 unspecified atom stereocenters. The van der Waals surface area contributed by atoms with Gasteiger partial charge in [-0.05, 0) is 63.7 Å². The SMILES string of the molecule is CN=C(NCCCCN1CCCCC1C)NCCc1ccccc1F.I. The van der Waals surface area contributed by atoms with Crippen LogP contribution in [0, 0.1) is 5.82 Å². The van der Waals surface area contributed by atoms with Crippen LogP contribution in [0.5, 0.6) is 0 Å². The van der Waals surface area contributed by atoms with Gasteiger partial charge < -0.3 is 15.5 Å². The van der Waals surface area contributed by atoms with Crippen LogP contribution < -0.4 is 10.6 Å². The van der Waals surface area contributed by atoms with Gasteiger partial charge in [-0.25, -0.2) is 4.39 Å². The second kappa shape index (κ2) is 13.3. The number of halogens is 2. The highest BCUT2D eigenvalue weighted by Crippen LogP contribution is 2.16. The van der Waals surface area contributed by atoms with Gasteiger partial charge in [0.15, 0.2) is 5.96 Å². The van der Waals surface area contributed by atoms with Gasteiger partial charge in [0.1, 0.15) is 5.82 Å². The smallest absolute Gasteiger partial charge is 0.190 e. The van der Waals surface area contributed by atoms with Gasteiger partial charge in [0.25, 0.3) is 0 Å². The number of hydrogen-bond donors (Lipinski definition) is 2. The van der Waals surface area contributed by atoms with Crippen molar-refractivity contribution in [1.82, 2.24) is 15.5 Å². The van der Waals surface area contributed by atoms with Crippen LogP contribution in [-0.4, -0.2) is 50.1 Å². The zero-order valence-electron chi connectivity index (χ0n) is 16.1. The van der Waals surface area contributed by atoms with E-state index in [2.05, 4.69) is 27.4 Å². The Morgan fingerprint density at radius 1 is 1.19 bits per heavy atom. The molecule has 0 amide bonds. The van der Waals surface area contributed by atoms with Crippen LogP contribution in [0.2, 0.25) is 0 Å². The Kier molecular flexibility index (Phi) is 11.8. The van der Waals surface area contributed by atoms with Crippen molar-refractivity contribution in [1.29, 1.82) is 0 Å². The molecule has 4 nitrogen and oxygen atoms in total. The molecule has 1 aromatic rings. The number of nitrogens with one attached hydrogen (secondary N) is 2. The predicted octanol–water partition coefficient (Wildman–Crippen LogP) is 3.81. The molecule has 148 valence electrons. The summed E-state index contributed by atoms with van der Waals surface area (Å²) in [5.74, 6) is 0.655. The van der Waals surface area contributed by atoms with Gasteiger partial charge in [-0.3, -0.25) is 4.99 Å². The van der Waals surface area contributed by atoms with Crippen LogP contribution in [-0.2, 0) is 6.42 Å². The summed E-state index contributed by atoms with van der Waals surface area (Å²) in [7, 11) is 1.77. The number of rotatable bonds is 8. The quantitative estimate of drug-likeness (QED) is 0.260. The van der Waals surface area contributed by atoms with E-state index < -0.39 is 0 Å². The van der Waals surface area contributed by atoms with Crippen molar-refractivity contribution in [3.05, 3.63) is 35.6 Å². The zero-order chi connectivity index (χ0) is 17.9. The summed E-state index contributed by atoms with van der Waals surface area (Å²) in [4.78, 5) is 6.85. The molecule has 0 bridgehead atoms. The lowest BCUT2D eigenvalue weighted by atomic mass is 10.0. The molecule has 1 fully saturated rings. The third-order valence-electron chi connectivity index (χ3n) is 4.97. The van der Waals surface area contributed by atoms with E-state index in [0.29, 0.717) is 13.0 Å². The fourth-order valence-electron chi connectivity index (χ4n) is 3.37. The fraction of sp³-hybridized carbons (Fsp3) is 0.650. The zero-order valence-corrected chi connectivity index (χ0v) is 18.5. The van der Waals surface area contributed by atoms with Crippen LogP contribution in [0.3, 0.4) is 0 Å². The molecule has 26 heavy (non-hydrogen) atoms. The second-order valence-electron chi connectivity index (χ2n) is 6.86. The topological polar surface area (TPSA) is 39.7 Å². The molecule has 1 aliphatic heterocycles. The van der Waals surface area contributed by atoms with Gasteiger partial charge in [0, 0.05) is 26.2 Å². The van der Waals surface area contributed by atoms with E-state index in [1.807, 2.05) is 12.1 Å². The highest BCUT2D eigenvalue weighted by Gasteiger charge is 2.16. The Balaban J connectivity index is 0.00000338. The third kappa shape index (κ3) is 8.20. The molecular weight excluding hydrogens is 442 g/mol. The van der Waals surface area contributed by atoms with Crippen molar-refractivity contribution in [2.75, 3.05) is 33.2 Å². The number of unbranched alkanes of at least 4 members (excludes halogenated alkanes) is 1. The van der Waals surface area contributed by atoms with Crippen molar-refractivity contribution in [3.63, 3.8) is 0 Å². The third-order valence-corrected chi connectivity index (χ3v) is 4.97. The first-order valence-corrected chi connectivity index (χ1v) is 9.62. The Morgan fingerprint density at radius 2 is 1.96 bits per heavy atom. The summed E-state index contributed by atoms with van der Waals surface area (Å²) < 4.78 is 13.6. The van der Waals surface area contributed by atoms with Crippen molar-refractivity contribution >= 4 is 29.9 Å². The largest absolute Gasteiger partial charge is 0.356 e.